The Kier molecular flexibility index (Phi) is 7.05. The highest BCUT2D eigenvalue weighted by Crippen LogP contribution is 2.36. The summed E-state index contributed by atoms with van der Waals surface area (Å²) in [7, 11) is 0. The number of anilines is 1. The van der Waals surface area contributed by atoms with E-state index in [0.29, 0.717) is 42.4 Å². The summed E-state index contributed by atoms with van der Waals surface area (Å²) in [6, 6.07) is 7.36. The van der Waals surface area contributed by atoms with E-state index < -0.39 is 5.60 Å². The minimum absolute atomic E-state index is 0.0759. The van der Waals surface area contributed by atoms with E-state index in [1.54, 1.807) is 18.2 Å². The fraction of sp³-hybridized carbons (Fsp3) is 0.619. The van der Waals surface area contributed by atoms with Crippen LogP contribution in [0, 0.1) is 17.2 Å². The van der Waals surface area contributed by atoms with Crippen molar-refractivity contribution < 1.29 is 14.3 Å². The molecular weight excluding hydrogens is 328 g/mol. The molecule has 1 aromatic rings. The third-order valence-electron chi connectivity index (χ3n) is 5.06. The summed E-state index contributed by atoms with van der Waals surface area (Å²) in [5.41, 5.74) is 0.103. The van der Waals surface area contributed by atoms with E-state index in [-0.39, 0.29) is 12.0 Å². The lowest BCUT2D eigenvalue weighted by molar-refractivity contribution is -0.147. The Hall–Kier alpha value is -2.06. The highest BCUT2D eigenvalue weighted by Gasteiger charge is 2.42. The van der Waals surface area contributed by atoms with Gasteiger partial charge in [0.05, 0.1) is 17.4 Å². The fourth-order valence-corrected chi connectivity index (χ4v) is 3.53. The largest absolute Gasteiger partial charge is 0.491 e. The third kappa shape index (κ3) is 4.76. The average Bonchev–Trinajstić information content (AvgIpc) is 2.62. The Labute approximate surface area is 156 Å². The van der Waals surface area contributed by atoms with Gasteiger partial charge < -0.3 is 14.8 Å². The summed E-state index contributed by atoms with van der Waals surface area (Å²) < 4.78 is 11.7. The van der Waals surface area contributed by atoms with Gasteiger partial charge in [0.2, 0.25) is 0 Å². The van der Waals surface area contributed by atoms with Crippen molar-refractivity contribution >= 4 is 11.6 Å². The Morgan fingerprint density at radius 2 is 2.23 bits per heavy atom. The number of carbonyl (C=O) groups excluding carboxylic acids is 1. The van der Waals surface area contributed by atoms with Gasteiger partial charge >= 0.3 is 0 Å². The molecule has 0 spiro atoms. The van der Waals surface area contributed by atoms with Crippen LogP contribution in [0.5, 0.6) is 5.75 Å². The first-order valence-corrected chi connectivity index (χ1v) is 9.60. The molecule has 3 atom stereocenters. The van der Waals surface area contributed by atoms with Crippen molar-refractivity contribution in [1.82, 2.24) is 0 Å². The standard InChI is InChI=1S/C21H30N2O3/c1-5-16(4)26-18-9-10-19(17(12-18)14-22)23-20(24)21(25-6-2)11-7-8-15(3)13-21/h9-10,12,15-16H,5-8,11,13H2,1-4H3,(H,23,24)/t15-,16+,21+/m1/s1. The number of hydrogen-bond donors (Lipinski definition) is 1. The summed E-state index contributed by atoms with van der Waals surface area (Å²) in [5, 5.41) is 12.4. The van der Waals surface area contributed by atoms with Crippen LogP contribution in [0.15, 0.2) is 18.2 Å². The third-order valence-corrected chi connectivity index (χ3v) is 5.06. The molecule has 142 valence electrons. The van der Waals surface area contributed by atoms with E-state index in [1.807, 2.05) is 20.8 Å². The van der Waals surface area contributed by atoms with Gasteiger partial charge in [-0.1, -0.05) is 20.3 Å². The number of rotatable bonds is 7. The summed E-state index contributed by atoms with van der Waals surface area (Å²) >= 11 is 0. The van der Waals surface area contributed by atoms with Gasteiger partial charge in [-0.15, -0.1) is 0 Å². The van der Waals surface area contributed by atoms with E-state index in [2.05, 4.69) is 18.3 Å². The van der Waals surface area contributed by atoms with E-state index >= 15 is 0 Å². The molecule has 1 N–H and O–H groups in total. The fourth-order valence-electron chi connectivity index (χ4n) is 3.53. The summed E-state index contributed by atoms with van der Waals surface area (Å²) in [6.45, 7) is 8.59. The number of amides is 1. The Bertz CT molecular complexity index is 664. The van der Waals surface area contributed by atoms with Gasteiger partial charge in [-0.2, -0.15) is 5.26 Å². The molecule has 0 aromatic heterocycles. The summed E-state index contributed by atoms with van der Waals surface area (Å²) in [4.78, 5) is 13.0. The zero-order valence-corrected chi connectivity index (χ0v) is 16.3. The first-order valence-electron chi connectivity index (χ1n) is 9.60. The van der Waals surface area contributed by atoms with Crippen LogP contribution >= 0.6 is 0 Å². The van der Waals surface area contributed by atoms with Gasteiger partial charge in [-0.3, -0.25) is 4.79 Å². The van der Waals surface area contributed by atoms with Crippen LogP contribution in [-0.4, -0.2) is 24.2 Å². The first-order chi connectivity index (χ1) is 12.4. The van der Waals surface area contributed by atoms with Crippen molar-refractivity contribution in [2.75, 3.05) is 11.9 Å². The normalized spacial score (nSPS) is 23.7. The van der Waals surface area contributed by atoms with Crippen molar-refractivity contribution in [3.8, 4) is 11.8 Å². The van der Waals surface area contributed by atoms with Crippen LogP contribution < -0.4 is 10.1 Å². The monoisotopic (exact) mass is 358 g/mol. The highest BCUT2D eigenvalue weighted by atomic mass is 16.5. The van der Waals surface area contributed by atoms with Crippen LogP contribution in [0.2, 0.25) is 0 Å². The molecule has 1 amide bonds. The number of nitriles is 1. The molecule has 0 bridgehead atoms. The zero-order chi connectivity index (χ0) is 19.2. The number of nitrogens with one attached hydrogen (secondary N) is 1. The molecule has 1 aromatic carbocycles. The number of benzene rings is 1. The smallest absolute Gasteiger partial charge is 0.256 e. The van der Waals surface area contributed by atoms with Gasteiger partial charge in [0.15, 0.2) is 0 Å². The zero-order valence-electron chi connectivity index (χ0n) is 16.3. The van der Waals surface area contributed by atoms with Crippen LogP contribution in [0.4, 0.5) is 5.69 Å². The van der Waals surface area contributed by atoms with Gasteiger partial charge in [0, 0.05) is 12.7 Å². The molecule has 0 aliphatic heterocycles. The Morgan fingerprint density at radius 1 is 1.46 bits per heavy atom. The lowest BCUT2D eigenvalue weighted by atomic mass is 9.78. The first kappa shape index (κ1) is 20.3. The van der Waals surface area contributed by atoms with Gasteiger partial charge in [0.1, 0.15) is 17.4 Å². The minimum atomic E-state index is -0.801. The predicted octanol–water partition coefficient (Wildman–Crippen LogP) is 4.66. The van der Waals surface area contributed by atoms with Crippen molar-refractivity contribution in [2.24, 2.45) is 5.92 Å². The van der Waals surface area contributed by atoms with Gasteiger partial charge in [-0.05, 0) is 57.6 Å². The van der Waals surface area contributed by atoms with Crippen LogP contribution in [0.25, 0.3) is 0 Å². The summed E-state index contributed by atoms with van der Waals surface area (Å²) in [5.74, 6) is 0.931. The molecular formula is C21H30N2O3. The quantitative estimate of drug-likeness (QED) is 0.769. The van der Waals surface area contributed by atoms with E-state index in [0.717, 1.165) is 19.3 Å². The van der Waals surface area contributed by atoms with E-state index in [4.69, 9.17) is 9.47 Å². The Balaban J connectivity index is 2.20. The molecule has 5 nitrogen and oxygen atoms in total. The second-order valence-corrected chi connectivity index (χ2v) is 7.24. The van der Waals surface area contributed by atoms with Crippen molar-refractivity contribution in [3.63, 3.8) is 0 Å². The molecule has 1 fully saturated rings. The van der Waals surface area contributed by atoms with Crippen molar-refractivity contribution in [2.45, 2.75) is 71.5 Å². The number of nitrogens with zero attached hydrogens (tertiary/aromatic N) is 1. The predicted molar refractivity (Wildman–Crippen MR) is 102 cm³/mol. The van der Waals surface area contributed by atoms with Crippen molar-refractivity contribution in [1.29, 1.82) is 5.26 Å². The highest BCUT2D eigenvalue weighted by molar-refractivity contribution is 5.98. The average molecular weight is 358 g/mol. The van der Waals surface area contributed by atoms with E-state index in [9.17, 15) is 10.1 Å². The lowest BCUT2D eigenvalue weighted by Gasteiger charge is -2.38. The summed E-state index contributed by atoms with van der Waals surface area (Å²) in [6.07, 6.45) is 4.48. The Morgan fingerprint density at radius 3 is 2.85 bits per heavy atom. The maximum atomic E-state index is 13.0. The minimum Gasteiger partial charge on any atom is -0.491 e. The second kappa shape index (κ2) is 9.05. The molecule has 2 rings (SSSR count). The molecule has 0 unspecified atom stereocenters. The van der Waals surface area contributed by atoms with Crippen LogP contribution in [0.3, 0.4) is 0 Å². The van der Waals surface area contributed by atoms with Crippen LogP contribution in [-0.2, 0) is 9.53 Å². The molecule has 1 aliphatic carbocycles. The molecule has 0 heterocycles. The van der Waals surface area contributed by atoms with E-state index in [1.165, 1.54) is 0 Å². The molecule has 26 heavy (non-hydrogen) atoms. The number of carbonyl (C=O) groups is 1. The maximum absolute atomic E-state index is 13.0. The SMILES string of the molecule is CCO[C@@]1(C(=O)Nc2ccc(O[C@@H](C)CC)cc2C#N)CCC[C@@H](C)C1. The second-order valence-electron chi connectivity index (χ2n) is 7.24. The number of ether oxygens (including phenoxy) is 2. The molecule has 5 heteroatoms. The molecule has 0 radical (unpaired) electrons. The van der Waals surface area contributed by atoms with Gasteiger partial charge in [0.25, 0.3) is 5.91 Å². The topological polar surface area (TPSA) is 71.3 Å². The molecule has 0 saturated heterocycles. The number of hydrogen-bond acceptors (Lipinski definition) is 4. The lowest BCUT2D eigenvalue weighted by Crippen LogP contribution is -2.48. The maximum Gasteiger partial charge on any atom is 0.256 e. The van der Waals surface area contributed by atoms with Crippen LogP contribution in [0.1, 0.15) is 65.4 Å². The van der Waals surface area contributed by atoms with Gasteiger partial charge in [-0.25, -0.2) is 0 Å². The molecule has 1 aliphatic rings. The van der Waals surface area contributed by atoms with Crippen molar-refractivity contribution in [3.05, 3.63) is 23.8 Å². The molecule has 1 saturated carbocycles.